The molecule has 2 rings (SSSR count). The first kappa shape index (κ1) is 8.93. The van der Waals surface area contributed by atoms with Gasteiger partial charge in [-0.15, -0.1) is 0 Å². The summed E-state index contributed by atoms with van der Waals surface area (Å²) in [6.45, 7) is 0.0382. The van der Waals surface area contributed by atoms with Gasteiger partial charge in [-0.25, -0.2) is 0 Å². The maximum atomic E-state index is 11.3. The van der Waals surface area contributed by atoms with Crippen LogP contribution in [-0.4, -0.2) is 50.6 Å². The summed E-state index contributed by atoms with van der Waals surface area (Å²) in [7, 11) is 0. The van der Waals surface area contributed by atoms with Crippen LogP contribution < -0.4 is 0 Å². The number of rotatable bonds is 0. The molecule has 5 nitrogen and oxygen atoms in total. The highest BCUT2D eigenvalue weighted by atomic mass is 16.5. The summed E-state index contributed by atoms with van der Waals surface area (Å²) in [5.41, 5.74) is 0. The maximum absolute atomic E-state index is 11.3. The third kappa shape index (κ3) is 1.15. The summed E-state index contributed by atoms with van der Waals surface area (Å²) < 4.78 is 0. The van der Waals surface area contributed by atoms with E-state index in [0.717, 1.165) is 0 Å². The Balaban J connectivity index is 2.25. The Morgan fingerprint density at radius 1 is 1.46 bits per heavy atom. The number of aliphatic hydroxyl groups excluding tert-OH is 1. The molecule has 0 radical (unpaired) electrons. The van der Waals surface area contributed by atoms with Crippen LogP contribution in [0.1, 0.15) is 19.3 Å². The summed E-state index contributed by atoms with van der Waals surface area (Å²) in [6, 6.07) is -0.622. The SMILES string of the molecule is O=C1CCCC2N1CC(O)C2(O)O. The van der Waals surface area contributed by atoms with Gasteiger partial charge in [-0.05, 0) is 12.8 Å². The van der Waals surface area contributed by atoms with Crippen LogP contribution >= 0.6 is 0 Å². The predicted molar refractivity (Wildman–Crippen MR) is 42.5 cm³/mol. The number of hydrogen-bond donors (Lipinski definition) is 3. The Kier molecular flexibility index (Phi) is 1.83. The zero-order valence-electron chi connectivity index (χ0n) is 7.18. The van der Waals surface area contributed by atoms with Crippen molar-refractivity contribution in [3.63, 3.8) is 0 Å². The van der Waals surface area contributed by atoms with E-state index in [9.17, 15) is 20.1 Å². The Bertz CT molecular complexity index is 240. The monoisotopic (exact) mass is 187 g/mol. The van der Waals surface area contributed by atoms with Crippen molar-refractivity contribution in [1.82, 2.24) is 4.90 Å². The topological polar surface area (TPSA) is 81.0 Å². The van der Waals surface area contributed by atoms with E-state index in [4.69, 9.17) is 0 Å². The van der Waals surface area contributed by atoms with Crippen molar-refractivity contribution < 1.29 is 20.1 Å². The molecule has 0 aromatic carbocycles. The lowest BCUT2D eigenvalue weighted by Crippen LogP contribution is -2.51. The average molecular weight is 187 g/mol. The minimum Gasteiger partial charge on any atom is -0.386 e. The molecular weight excluding hydrogens is 174 g/mol. The highest BCUT2D eigenvalue weighted by molar-refractivity contribution is 5.78. The Morgan fingerprint density at radius 2 is 2.15 bits per heavy atom. The number of amides is 1. The van der Waals surface area contributed by atoms with E-state index in [2.05, 4.69) is 0 Å². The molecule has 2 saturated heterocycles. The van der Waals surface area contributed by atoms with Crippen molar-refractivity contribution >= 4 is 5.91 Å². The van der Waals surface area contributed by atoms with Crippen molar-refractivity contribution in [3.05, 3.63) is 0 Å². The van der Waals surface area contributed by atoms with Crippen molar-refractivity contribution in [2.45, 2.75) is 37.2 Å². The second kappa shape index (κ2) is 2.67. The van der Waals surface area contributed by atoms with Gasteiger partial charge in [0.25, 0.3) is 0 Å². The zero-order chi connectivity index (χ0) is 9.64. The molecule has 0 aromatic heterocycles. The van der Waals surface area contributed by atoms with Gasteiger partial charge in [-0.3, -0.25) is 4.79 Å². The molecule has 0 aliphatic carbocycles. The van der Waals surface area contributed by atoms with E-state index in [-0.39, 0.29) is 12.5 Å². The Morgan fingerprint density at radius 3 is 2.77 bits per heavy atom. The van der Waals surface area contributed by atoms with Crippen molar-refractivity contribution in [3.8, 4) is 0 Å². The second-order valence-corrected chi connectivity index (χ2v) is 3.75. The lowest BCUT2D eigenvalue weighted by Gasteiger charge is -2.33. The number of piperidine rings is 1. The maximum Gasteiger partial charge on any atom is 0.223 e. The lowest BCUT2D eigenvalue weighted by atomic mass is 9.97. The van der Waals surface area contributed by atoms with Crippen molar-refractivity contribution in [2.24, 2.45) is 0 Å². The third-order valence-corrected chi connectivity index (χ3v) is 2.92. The molecule has 1 amide bonds. The normalized spacial score (nSPS) is 37.8. The first-order valence-corrected chi connectivity index (χ1v) is 4.45. The Labute approximate surface area is 75.6 Å². The fourth-order valence-corrected chi connectivity index (χ4v) is 2.13. The molecule has 74 valence electrons. The standard InChI is InChI=1S/C8H13NO4/c10-6-4-9-5(8(6,12)13)2-1-3-7(9)11/h5-6,10,12-13H,1-4H2. The van der Waals surface area contributed by atoms with Gasteiger partial charge in [0.2, 0.25) is 11.7 Å². The van der Waals surface area contributed by atoms with Gasteiger partial charge in [0.05, 0.1) is 12.6 Å². The van der Waals surface area contributed by atoms with Crippen LogP contribution in [0.5, 0.6) is 0 Å². The molecule has 2 atom stereocenters. The molecule has 3 N–H and O–H groups in total. The minimum atomic E-state index is -2.12. The highest BCUT2D eigenvalue weighted by Crippen LogP contribution is 2.33. The van der Waals surface area contributed by atoms with Gasteiger partial charge >= 0.3 is 0 Å². The van der Waals surface area contributed by atoms with Crippen LogP contribution in [0, 0.1) is 0 Å². The van der Waals surface area contributed by atoms with Gasteiger partial charge in [0, 0.05) is 6.42 Å². The molecule has 0 bridgehead atoms. The van der Waals surface area contributed by atoms with Crippen LogP contribution in [0.15, 0.2) is 0 Å². The van der Waals surface area contributed by atoms with E-state index in [1.54, 1.807) is 0 Å². The summed E-state index contributed by atoms with van der Waals surface area (Å²) in [5, 5.41) is 28.3. The highest BCUT2D eigenvalue weighted by Gasteiger charge is 2.54. The number of carbonyl (C=O) groups excluding carboxylic acids is 1. The van der Waals surface area contributed by atoms with Crippen LogP contribution in [-0.2, 0) is 4.79 Å². The zero-order valence-corrected chi connectivity index (χ0v) is 7.18. The van der Waals surface area contributed by atoms with Gasteiger partial charge in [0.1, 0.15) is 6.10 Å². The number of aliphatic hydroxyl groups is 3. The fourth-order valence-electron chi connectivity index (χ4n) is 2.13. The molecule has 0 saturated carbocycles. The third-order valence-electron chi connectivity index (χ3n) is 2.92. The molecule has 0 spiro atoms. The number of nitrogens with zero attached hydrogens (tertiary/aromatic N) is 1. The first-order valence-electron chi connectivity index (χ1n) is 4.45. The number of hydrogen-bond acceptors (Lipinski definition) is 4. The quantitative estimate of drug-likeness (QED) is 0.400. The molecule has 2 aliphatic rings. The molecule has 2 heterocycles. The van der Waals surface area contributed by atoms with Crippen LogP contribution in [0.4, 0.5) is 0 Å². The van der Waals surface area contributed by atoms with E-state index >= 15 is 0 Å². The first-order chi connectivity index (χ1) is 6.03. The predicted octanol–water partition coefficient (Wildman–Crippen LogP) is -1.58. The van der Waals surface area contributed by atoms with Crippen molar-refractivity contribution in [2.75, 3.05) is 6.54 Å². The summed E-state index contributed by atoms with van der Waals surface area (Å²) in [4.78, 5) is 12.7. The molecule has 2 aliphatic heterocycles. The summed E-state index contributed by atoms with van der Waals surface area (Å²) >= 11 is 0. The van der Waals surface area contributed by atoms with E-state index in [1.165, 1.54) is 4.90 Å². The van der Waals surface area contributed by atoms with E-state index in [1.807, 2.05) is 0 Å². The molecule has 5 heteroatoms. The average Bonchev–Trinajstić information content (AvgIpc) is 2.28. The fraction of sp³-hybridized carbons (Fsp3) is 0.875. The van der Waals surface area contributed by atoms with Crippen LogP contribution in [0.25, 0.3) is 0 Å². The molecule has 0 aromatic rings. The lowest BCUT2D eigenvalue weighted by molar-refractivity contribution is -0.223. The van der Waals surface area contributed by atoms with Crippen LogP contribution in [0.3, 0.4) is 0 Å². The van der Waals surface area contributed by atoms with E-state index in [0.29, 0.717) is 19.3 Å². The summed E-state index contributed by atoms with van der Waals surface area (Å²) in [5.74, 6) is -2.21. The van der Waals surface area contributed by atoms with Crippen molar-refractivity contribution in [1.29, 1.82) is 0 Å². The van der Waals surface area contributed by atoms with Gasteiger partial charge < -0.3 is 20.2 Å². The second-order valence-electron chi connectivity index (χ2n) is 3.75. The minimum absolute atomic E-state index is 0.0382. The largest absolute Gasteiger partial charge is 0.386 e. The van der Waals surface area contributed by atoms with E-state index < -0.39 is 17.9 Å². The number of carbonyl (C=O) groups is 1. The smallest absolute Gasteiger partial charge is 0.223 e. The van der Waals surface area contributed by atoms with Gasteiger partial charge in [-0.2, -0.15) is 0 Å². The Hall–Kier alpha value is -0.650. The van der Waals surface area contributed by atoms with Gasteiger partial charge in [0.15, 0.2) is 0 Å². The summed E-state index contributed by atoms with van der Waals surface area (Å²) in [6.07, 6.45) is 0.421. The van der Waals surface area contributed by atoms with Crippen LogP contribution in [0.2, 0.25) is 0 Å². The number of fused-ring (bicyclic) bond motifs is 1. The molecule has 2 fully saturated rings. The molecule has 13 heavy (non-hydrogen) atoms. The molecular formula is C8H13NO4. The van der Waals surface area contributed by atoms with Gasteiger partial charge in [-0.1, -0.05) is 0 Å². The molecule has 2 unspecified atom stereocenters.